The zero-order chi connectivity index (χ0) is 24.5. The van der Waals surface area contributed by atoms with Crippen molar-refractivity contribution in [1.29, 1.82) is 0 Å². The highest BCUT2D eigenvalue weighted by molar-refractivity contribution is 6.06. The van der Waals surface area contributed by atoms with Gasteiger partial charge in [-0.15, -0.1) is 0 Å². The Morgan fingerprint density at radius 3 is 2.53 bits per heavy atom. The highest BCUT2D eigenvalue weighted by Crippen LogP contribution is 2.25. The summed E-state index contributed by atoms with van der Waals surface area (Å²) in [5.41, 5.74) is 1.23. The Bertz CT molecular complexity index is 1180. The molecular formula is C26H30F2N4O2. The first-order valence-corrected chi connectivity index (χ1v) is 11.6. The van der Waals surface area contributed by atoms with E-state index in [1.807, 2.05) is 45.0 Å². The molecule has 2 heterocycles. The molecule has 1 saturated heterocycles. The molecule has 0 saturated carbocycles. The largest absolute Gasteiger partial charge is 0.338 e. The van der Waals surface area contributed by atoms with Crippen LogP contribution in [0.25, 0.3) is 10.9 Å². The minimum atomic E-state index is -1.04. The first-order valence-electron chi connectivity index (χ1n) is 11.6. The highest BCUT2D eigenvalue weighted by Gasteiger charge is 2.38. The molecule has 2 atom stereocenters. The maximum Gasteiger partial charge on any atom is 0.273 e. The Morgan fingerprint density at radius 2 is 1.85 bits per heavy atom. The van der Waals surface area contributed by atoms with Crippen LogP contribution in [0.1, 0.15) is 49.7 Å². The highest BCUT2D eigenvalue weighted by atomic mass is 19.1. The molecule has 0 aliphatic carbocycles. The van der Waals surface area contributed by atoms with Crippen LogP contribution in [0.2, 0.25) is 0 Å². The third kappa shape index (κ3) is 5.11. The van der Waals surface area contributed by atoms with E-state index in [-0.39, 0.29) is 24.0 Å². The van der Waals surface area contributed by atoms with Crippen molar-refractivity contribution in [2.45, 2.75) is 52.4 Å². The van der Waals surface area contributed by atoms with Gasteiger partial charge in [0, 0.05) is 11.9 Å². The molecule has 0 radical (unpaired) electrons. The van der Waals surface area contributed by atoms with Gasteiger partial charge < -0.3 is 10.2 Å². The van der Waals surface area contributed by atoms with Gasteiger partial charge in [0.05, 0.1) is 18.6 Å². The quantitative estimate of drug-likeness (QED) is 0.606. The van der Waals surface area contributed by atoms with Crippen LogP contribution in [0, 0.1) is 11.2 Å². The number of rotatable bonds is 5. The summed E-state index contributed by atoms with van der Waals surface area (Å²) < 4.78 is 28.9. The summed E-state index contributed by atoms with van der Waals surface area (Å²) in [7, 11) is 0. The second-order valence-electron chi connectivity index (χ2n) is 9.95. The molecule has 1 aliphatic rings. The van der Waals surface area contributed by atoms with E-state index in [9.17, 15) is 18.4 Å². The number of para-hydroxylation sites is 1. The minimum absolute atomic E-state index is 0.0521. The van der Waals surface area contributed by atoms with E-state index in [1.54, 1.807) is 16.8 Å². The van der Waals surface area contributed by atoms with E-state index < -0.39 is 23.5 Å². The number of carbonyl (C=O) groups is 2. The lowest BCUT2D eigenvalue weighted by Crippen LogP contribution is -2.56. The number of fused-ring (bicyclic) bond motifs is 1. The second-order valence-corrected chi connectivity index (χ2v) is 9.95. The summed E-state index contributed by atoms with van der Waals surface area (Å²) in [6, 6.07) is 12.7. The fraction of sp³-hybridized carbons (Fsp3) is 0.423. The van der Waals surface area contributed by atoms with Gasteiger partial charge in [0.1, 0.15) is 18.0 Å². The van der Waals surface area contributed by atoms with Gasteiger partial charge in [-0.2, -0.15) is 5.10 Å². The van der Waals surface area contributed by atoms with E-state index in [0.29, 0.717) is 31.3 Å². The van der Waals surface area contributed by atoms with Crippen molar-refractivity contribution < 1.29 is 18.4 Å². The molecule has 180 valence electrons. The first kappa shape index (κ1) is 23.9. The summed E-state index contributed by atoms with van der Waals surface area (Å²) in [5.74, 6) is -1.06. The first-order chi connectivity index (χ1) is 16.1. The van der Waals surface area contributed by atoms with Gasteiger partial charge in [0.2, 0.25) is 5.91 Å². The Hall–Kier alpha value is -3.29. The van der Waals surface area contributed by atoms with Gasteiger partial charge in [0.25, 0.3) is 5.91 Å². The zero-order valence-electron chi connectivity index (χ0n) is 19.7. The van der Waals surface area contributed by atoms with Crippen molar-refractivity contribution in [1.82, 2.24) is 20.0 Å². The Labute approximate surface area is 197 Å². The number of halogens is 2. The van der Waals surface area contributed by atoms with Crippen molar-refractivity contribution in [3.63, 3.8) is 0 Å². The third-order valence-electron chi connectivity index (χ3n) is 6.18. The molecule has 3 aromatic rings. The molecule has 1 aromatic heterocycles. The molecule has 1 fully saturated rings. The molecule has 4 rings (SSSR count). The Kier molecular flexibility index (Phi) is 6.68. The predicted molar refractivity (Wildman–Crippen MR) is 127 cm³/mol. The fourth-order valence-electron chi connectivity index (χ4n) is 4.33. The number of alkyl halides is 1. The van der Waals surface area contributed by atoms with Crippen molar-refractivity contribution in [2.75, 3.05) is 13.1 Å². The zero-order valence-corrected chi connectivity index (χ0v) is 19.7. The molecule has 2 aromatic carbocycles. The number of likely N-dealkylation sites (tertiary alicyclic amines) is 1. The smallest absolute Gasteiger partial charge is 0.273 e. The summed E-state index contributed by atoms with van der Waals surface area (Å²) in [6.45, 7) is 6.52. The number of nitrogens with zero attached hydrogens (tertiary/aromatic N) is 3. The van der Waals surface area contributed by atoms with Gasteiger partial charge in [-0.1, -0.05) is 51.1 Å². The molecule has 8 heteroatoms. The van der Waals surface area contributed by atoms with E-state index in [2.05, 4.69) is 10.4 Å². The normalized spacial score (nSPS) is 17.6. The number of hydrogen-bond donors (Lipinski definition) is 1. The van der Waals surface area contributed by atoms with Crippen LogP contribution in [-0.4, -0.2) is 51.8 Å². The SMILES string of the molecule is CC(C)(C)[C@H](NC(=O)c1nn(Cc2ccc(F)cc2)c2ccccc12)C(=O)N1CCCC(F)C1. The molecule has 6 nitrogen and oxygen atoms in total. The standard InChI is InChI=1S/C26H30F2N4O2/c1-26(2,3)23(25(34)31-14-6-7-19(28)16-31)29-24(33)22-20-8-4-5-9-21(20)32(30-22)15-17-10-12-18(27)13-11-17/h4-5,8-13,19,23H,6-7,14-16H2,1-3H3,(H,29,33)/t19?,23-/m1/s1. The average Bonchev–Trinajstić information content (AvgIpc) is 3.16. The maximum atomic E-state index is 13.9. The Morgan fingerprint density at radius 1 is 1.15 bits per heavy atom. The predicted octanol–water partition coefficient (Wildman–Crippen LogP) is 4.33. The van der Waals surface area contributed by atoms with Crippen LogP contribution in [0.4, 0.5) is 8.78 Å². The van der Waals surface area contributed by atoms with Crippen LogP contribution in [0.3, 0.4) is 0 Å². The molecule has 0 bridgehead atoms. The van der Waals surface area contributed by atoms with Gasteiger partial charge in [0.15, 0.2) is 5.69 Å². The van der Waals surface area contributed by atoms with Crippen molar-refractivity contribution >= 4 is 22.7 Å². The van der Waals surface area contributed by atoms with E-state index in [4.69, 9.17) is 0 Å². The van der Waals surface area contributed by atoms with Crippen molar-refractivity contribution in [3.05, 3.63) is 65.6 Å². The lowest BCUT2D eigenvalue weighted by molar-refractivity contribution is -0.138. The average molecular weight is 469 g/mol. The lowest BCUT2D eigenvalue weighted by Gasteiger charge is -2.37. The molecule has 1 aliphatic heterocycles. The second kappa shape index (κ2) is 9.52. The number of piperidine rings is 1. The van der Waals surface area contributed by atoms with Gasteiger partial charge in [-0.25, -0.2) is 8.78 Å². The summed E-state index contributed by atoms with van der Waals surface area (Å²) in [5, 5.41) is 8.09. The molecule has 1 N–H and O–H groups in total. The number of amides is 2. The van der Waals surface area contributed by atoms with Gasteiger partial charge >= 0.3 is 0 Å². The summed E-state index contributed by atoms with van der Waals surface area (Å²) >= 11 is 0. The summed E-state index contributed by atoms with van der Waals surface area (Å²) in [4.78, 5) is 28.2. The third-order valence-corrected chi connectivity index (χ3v) is 6.18. The number of nitrogens with one attached hydrogen (secondary N) is 1. The summed E-state index contributed by atoms with van der Waals surface area (Å²) in [6.07, 6.45) is 0.0179. The van der Waals surface area contributed by atoms with E-state index in [0.717, 1.165) is 11.1 Å². The number of aromatic nitrogens is 2. The number of hydrogen-bond acceptors (Lipinski definition) is 3. The molecule has 0 spiro atoms. The van der Waals surface area contributed by atoms with Crippen molar-refractivity contribution in [3.8, 4) is 0 Å². The molecular weight excluding hydrogens is 438 g/mol. The number of benzene rings is 2. The monoisotopic (exact) mass is 468 g/mol. The van der Waals surface area contributed by atoms with Gasteiger partial charge in [-0.3, -0.25) is 14.3 Å². The van der Waals surface area contributed by atoms with E-state index in [1.165, 1.54) is 17.0 Å². The Balaban J connectivity index is 1.62. The maximum absolute atomic E-state index is 13.9. The van der Waals surface area contributed by atoms with Crippen LogP contribution in [0.15, 0.2) is 48.5 Å². The number of carbonyl (C=O) groups excluding carboxylic acids is 2. The lowest BCUT2D eigenvalue weighted by atomic mass is 9.85. The molecule has 34 heavy (non-hydrogen) atoms. The van der Waals surface area contributed by atoms with Crippen molar-refractivity contribution in [2.24, 2.45) is 5.41 Å². The minimum Gasteiger partial charge on any atom is -0.338 e. The van der Waals surface area contributed by atoms with Gasteiger partial charge in [-0.05, 0) is 42.0 Å². The topological polar surface area (TPSA) is 67.2 Å². The van der Waals surface area contributed by atoms with E-state index >= 15 is 0 Å². The van der Waals surface area contributed by atoms with Crippen LogP contribution >= 0.6 is 0 Å². The molecule has 1 unspecified atom stereocenters. The molecule has 2 amide bonds. The van der Waals surface area contributed by atoms with Crippen LogP contribution in [-0.2, 0) is 11.3 Å². The fourth-order valence-corrected chi connectivity index (χ4v) is 4.33. The van der Waals surface area contributed by atoms with Crippen LogP contribution in [0.5, 0.6) is 0 Å². The van der Waals surface area contributed by atoms with Crippen LogP contribution < -0.4 is 5.32 Å².